The second kappa shape index (κ2) is 7.71. The number of rotatable bonds is 7. The van der Waals surface area contributed by atoms with Crippen LogP contribution in [-0.4, -0.2) is 40.9 Å². The van der Waals surface area contributed by atoms with E-state index in [-0.39, 0.29) is 0 Å². The highest BCUT2D eigenvalue weighted by atomic mass is 16.3. The Labute approximate surface area is 143 Å². The van der Waals surface area contributed by atoms with Gasteiger partial charge in [-0.3, -0.25) is 4.99 Å². The number of aliphatic imine (C=N–C) groups is 1. The summed E-state index contributed by atoms with van der Waals surface area (Å²) in [5.74, 6) is 0.801. The van der Waals surface area contributed by atoms with Gasteiger partial charge in [-0.1, -0.05) is 18.2 Å². The fourth-order valence-electron chi connectivity index (χ4n) is 3.10. The summed E-state index contributed by atoms with van der Waals surface area (Å²) in [4.78, 5) is 4.53. The second-order valence-electron chi connectivity index (χ2n) is 6.62. The molecule has 1 aliphatic rings. The van der Waals surface area contributed by atoms with Gasteiger partial charge in [-0.15, -0.1) is 0 Å². The molecule has 1 saturated carbocycles. The zero-order chi connectivity index (χ0) is 16.8. The first-order valence-electron chi connectivity index (χ1n) is 8.99. The van der Waals surface area contributed by atoms with Gasteiger partial charge >= 0.3 is 0 Å². The number of aliphatic hydroxyl groups is 1. The number of fused-ring (bicyclic) bond motifs is 1. The highest BCUT2D eigenvalue weighted by Gasteiger charge is 2.34. The molecule has 0 unspecified atom stereocenters. The van der Waals surface area contributed by atoms with Crippen LogP contribution in [0.5, 0.6) is 0 Å². The van der Waals surface area contributed by atoms with Crippen molar-refractivity contribution in [2.45, 2.75) is 44.8 Å². The molecule has 1 aromatic carbocycles. The lowest BCUT2D eigenvalue weighted by Crippen LogP contribution is -2.43. The van der Waals surface area contributed by atoms with Crippen molar-refractivity contribution in [3.8, 4) is 0 Å². The number of hydrogen-bond donors (Lipinski definition) is 3. The topological polar surface area (TPSA) is 61.6 Å². The van der Waals surface area contributed by atoms with Crippen molar-refractivity contribution in [2.24, 2.45) is 4.99 Å². The van der Waals surface area contributed by atoms with E-state index in [1.807, 2.05) is 0 Å². The lowest BCUT2D eigenvalue weighted by molar-refractivity contribution is -0.0236. The number of nitrogens with zero attached hydrogens (tertiary/aromatic N) is 2. The Bertz CT molecular complexity index is 687. The quantitative estimate of drug-likeness (QED) is 0.416. The number of aryl methyl sites for hydroxylation is 1. The lowest BCUT2D eigenvalue weighted by atomic mass is 9.80. The van der Waals surface area contributed by atoms with Crippen LogP contribution in [0.2, 0.25) is 0 Å². The normalized spacial score (nSPS) is 16.8. The molecular weight excluding hydrogens is 300 g/mol. The van der Waals surface area contributed by atoms with E-state index < -0.39 is 5.60 Å². The third-order valence-electron chi connectivity index (χ3n) is 4.71. The van der Waals surface area contributed by atoms with Crippen LogP contribution in [0.3, 0.4) is 0 Å². The van der Waals surface area contributed by atoms with Gasteiger partial charge in [0, 0.05) is 31.3 Å². The van der Waals surface area contributed by atoms with E-state index >= 15 is 0 Å². The van der Waals surface area contributed by atoms with Gasteiger partial charge in [-0.25, -0.2) is 0 Å². The Hall–Kier alpha value is -2.01. The van der Waals surface area contributed by atoms with Gasteiger partial charge in [0.05, 0.1) is 12.1 Å². The Balaban J connectivity index is 1.47. The molecule has 0 aliphatic heterocycles. The van der Waals surface area contributed by atoms with Crippen LogP contribution >= 0.6 is 0 Å². The van der Waals surface area contributed by atoms with Gasteiger partial charge in [0.15, 0.2) is 5.96 Å². The molecule has 3 rings (SSSR count). The summed E-state index contributed by atoms with van der Waals surface area (Å²) in [6.07, 6.45) is 6.03. The molecule has 5 heteroatoms. The molecule has 0 atom stereocenters. The minimum Gasteiger partial charge on any atom is -0.388 e. The van der Waals surface area contributed by atoms with E-state index in [1.165, 1.54) is 10.9 Å². The van der Waals surface area contributed by atoms with Crippen molar-refractivity contribution in [3.63, 3.8) is 0 Å². The highest BCUT2D eigenvalue weighted by Crippen LogP contribution is 2.31. The minimum absolute atomic E-state index is 0.491. The van der Waals surface area contributed by atoms with Crippen LogP contribution in [0.15, 0.2) is 41.5 Å². The third-order valence-corrected chi connectivity index (χ3v) is 4.71. The van der Waals surface area contributed by atoms with E-state index in [9.17, 15) is 5.11 Å². The van der Waals surface area contributed by atoms with E-state index in [2.05, 4.69) is 63.6 Å². The molecule has 0 radical (unpaired) electrons. The lowest BCUT2D eigenvalue weighted by Gasteiger charge is -2.35. The average Bonchev–Trinajstić information content (AvgIpc) is 2.98. The first-order valence-corrected chi connectivity index (χ1v) is 8.99. The Kier molecular flexibility index (Phi) is 5.41. The van der Waals surface area contributed by atoms with Gasteiger partial charge in [0.25, 0.3) is 0 Å². The van der Waals surface area contributed by atoms with Gasteiger partial charge in [-0.2, -0.15) is 0 Å². The molecule has 0 bridgehead atoms. The molecule has 0 spiro atoms. The highest BCUT2D eigenvalue weighted by molar-refractivity contribution is 5.80. The van der Waals surface area contributed by atoms with Crippen molar-refractivity contribution in [2.75, 3.05) is 19.6 Å². The van der Waals surface area contributed by atoms with E-state index in [1.54, 1.807) is 0 Å². The average molecular weight is 328 g/mol. The predicted octanol–water partition coefficient (Wildman–Crippen LogP) is 2.50. The van der Waals surface area contributed by atoms with Gasteiger partial charge in [-0.05, 0) is 50.1 Å². The predicted molar refractivity (Wildman–Crippen MR) is 99.3 cm³/mol. The summed E-state index contributed by atoms with van der Waals surface area (Å²) in [5.41, 5.74) is 0.720. The fraction of sp³-hybridized carbons (Fsp3) is 0.526. The molecule has 1 aliphatic carbocycles. The Morgan fingerprint density at radius 1 is 1.25 bits per heavy atom. The second-order valence-corrected chi connectivity index (χ2v) is 6.62. The zero-order valence-electron chi connectivity index (χ0n) is 14.5. The van der Waals surface area contributed by atoms with Crippen LogP contribution in [0, 0.1) is 0 Å². The van der Waals surface area contributed by atoms with Crippen LogP contribution in [0.1, 0.15) is 32.6 Å². The number of para-hydroxylation sites is 1. The van der Waals surface area contributed by atoms with Crippen LogP contribution in [-0.2, 0) is 6.54 Å². The molecular formula is C19H28N4O. The largest absolute Gasteiger partial charge is 0.388 e. The maximum Gasteiger partial charge on any atom is 0.191 e. The summed E-state index contributed by atoms with van der Waals surface area (Å²) in [5, 5.41) is 18.1. The molecule has 1 fully saturated rings. The molecule has 5 nitrogen and oxygen atoms in total. The van der Waals surface area contributed by atoms with Crippen LogP contribution in [0.25, 0.3) is 10.9 Å². The van der Waals surface area contributed by atoms with Crippen molar-refractivity contribution in [1.82, 2.24) is 15.2 Å². The van der Waals surface area contributed by atoms with E-state index in [4.69, 9.17) is 0 Å². The molecule has 3 N–H and O–H groups in total. The van der Waals surface area contributed by atoms with Crippen molar-refractivity contribution in [3.05, 3.63) is 36.5 Å². The molecule has 2 aromatic rings. The minimum atomic E-state index is -0.563. The van der Waals surface area contributed by atoms with E-state index in [0.29, 0.717) is 6.54 Å². The number of guanidine groups is 1. The van der Waals surface area contributed by atoms with Gasteiger partial charge in [0.1, 0.15) is 0 Å². The Morgan fingerprint density at radius 3 is 2.83 bits per heavy atom. The fourth-order valence-corrected chi connectivity index (χ4v) is 3.10. The van der Waals surface area contributed by atoms with Gasteiger partial charge in [0.2, 0.25) is 0 Å². The van der Waals surface area contributed by atoms with Crippen molar-refractivity contribution < 1.29 is 5.11 Å². The summed E-state index contributed by atoms with van der Waals surface area (Å²) in [6, 6.07) is 10.6. The number of hydrogen-bond acceptors (Lipinski definition) is 2. The standard InChI is InChI=1S/C19H28N4O/c1-2-20-18(22-15-19(24)10-5-11-19)21-12-6-13-23-14-9-16-7-3-4-8-17(16)23/h3-4,7-9,14,24H,2,5-6,10-13,15H2,1H3,(H2,20,21,22). The SMILES string of the molecule is CCNC(=NCC1(O)CCC1)NCCCn1ccc2ccccc21. The number of aromatic nitrogens is 1. The maximum absolute atomic E-state index is 10.2. The number of benzene rings is 1. The first-order chi connectivity index (χ1) is 11.7. The molecule has 1 heterocycles. The third kappa shape index (κ3) is 4.09. The maximum atomic E-state index is 10.2. The van der Waals surface area contributed by atoms with Crippen LogP contribution in [0.4, 0.5) is 0 Å². The smallest absolute Gasteiger partial charge is 0.191 e. The monoisotopic (exact) mass is 328 g/mol. The first kappa shape index (κ1) is 16.8. The van der Waals surface area contributed by atoms with Crippen LogP contribution < -0.4 is 10.6 Å². The molecule has 1 aromatic heterocycles. The van der Waals surface area contributed by atoms with Crippen molar-refractivity contribution >= 4 is 16.9 Å². The van der Waals surface area contributed by atoms with Gasteiger partial charge < -0.3 is 20.3 Å². The Morgan fingerprint density at radius 2 is 2.08 bits per heavy atom. The zero-order valence-corrected chi connectivity index (χ0v) is 14.5. The summed E-state index contributed by atoms with van der Waals surface area (Å²) in [6.45, 7) is 5.21. The summed E-state index contributed by atoms with van der Waals surface area (Å²) < 4.78 is 2.29. The number of nitrogens with one attached hydrogen (secondary N) is 2. The van der Waals surface area contributed by atoms with E-state index in [0.717, 1.165) is 51.3 Å². The molecule has 24 heavy (non-hydrogen) atoms. The molecule has 0 saturated heterocycles. The summed E-state index contributed by atoms with van der Waals surface area (Å²) in [7, 11) is 0. The molecule has 0 amide bonds. The summed E-state index contributed by atoms with van der Waals surface area (Å²) >= 11 is 0. The molecule has 130 valence electrons. The van der Waals surface area contributed by atoms with Crippen molar-refractivity contribution in [1.29, 1.82) is 0 Å².